The van der Waals surface area contributed by atoms with Gasteiger partial charge in [-0.15, -0.1) is 0 Å². The van der Waals surface area contributed by atoms with Crippen molar-refractivity contribution < 1.29 is 80.2 Å². The number of rotatable bonds is 77. The number of ether oxygens (including phenoxy) is 4. The van der Waals surface area contributed by atoms with Crippen LogP contribution in [-0.2, 0) is 65.4 Å². The van der Waals surface area contributed by atoms with Crippen LogP contribution in [0.5, 0.6) is 0 Å². The van der Waals surface area contributed by atoms with Crippen LogP contribution in [0.2, 0.25) is 0 Å². The molecule has 0 fully saturated rings. The number of hydrogen-bond acceptors (Lipinski definition) is 15. The Morgan fingerprint density at radius 3 is 0.701 bits per heavy atom. The Morgan fingerprint density at radius 2 is 0.474 bits per heavy atom. The van der Waals surface area contributed by atoms with Crippen molar-refractivity contribution in [2.45, 2.75) is 426 Å². The molecule has 0 aliphatic heterocycles. The molecule has 0 aliphatic rings. The summed E-state index contributed by atoms with van der Waals surface area (Å²) < 4.78 is 68.6. The molecule has 576 valence electrons. The largest absolute Gasteiger partial charge is 0.472 e. The van der Waals surface area contributed by atoms with Crippen molar-refractivity contribution in [2.24, 2.45) is 11.8 Å². The molecule has 0 radical (unpaired) electrons. The fourth-order valence-electron chi connectivity index (χ4n) is 12.0. The Bertz CT molecular complexity index is 1870. The second-order valence-corrected chi connectivity index (χ2v) is 32.0. The van der Waals surface area contributed by atoms with E-state index in [1.807, 2.05) is 0 Å². The molecule has 0 amide bonds. The number of phosphoric ester groups is 2. The van der Waals surface area contributed by atoms with Crippen molar-refractivity contribution in [1.82, 2.24) is 0 Å². The van der Waals surface area contributed by atoms with Gasteiger partial charge >= 0.3 is 39.5 Å². The molecule has 97 heavy (non-hydrogen) atoms. The molecular formula is C78H152O17P2. The van der Waals surface area contributed by atoms with E-state index in [1.54, 1.807) is 0 Å². The predicted molar refractivity (Wildman–Crippen MR) is 395 cm³/mol. The summed E-state index contributed by atoms with van der Waals surface area (Å²) in [6.45, 7) is 9.52. The van der Waals surface area contributed by atoms with Gasteiger partial charge in [0, 0.05) is 25.7 Å². The number of phosphoric acid groups is 2. The maximum Gasteiger partial charge on any atom is 0.472 e. The highest BCUT2D eigenvalue weighted by molar-refractivity contribution is 7.47. The first-order valence-corrected chi connectivity index (χ1v) is 43.5. The van der Waals surface area contributed by atoms with E-state index < -0.39 is 97.5 Å². The first-order chi connectivity index (χ1) is 46.9. The summed E-state index contributed by atoms with van der Waals surface area (Å²) in [5, 5.41) is 10.6. The standard InChI is InChI=1S/C78H152O17P2/c1-7-9-11-13-15-17-19-21-23-25-26-27-29-31-33-38-42-50-56-62-77(82)94-73(66-88-75(80)60-54-48-41-37-32-30-28-24-22-20-18-16-14-12-10-8-2)68-92-96(84,85)90-64-72(79)65-91-97(86,87)93-69-74(67-89-76(81)61-55-49-45-44-47-53-59-71(5)6)95-78(83)63-57-51-43-39-35-34-36-40-46-52-58-70(3)4/h70-74,79H,7-69H2,1-6H3,(H,84,85)(H,86,87)/t72-,73-,74-/m1/s1. The summed E-state index contributed by atoms with van der Waals surface area (Å²) in [7, 11) is -9.91. The smallest absolute Gasteiger partial charge is 0.462 e. The van der Waals surface area contributed by atoms with Gasteiger partial charge in [0.25, 0.3) is 0 Å². The van der Waals surface area contributed by atoms with Crippen LogP contribution in [-0.4, -0.2) is 96.7 Å². The van der Waals surface area contributed by atoms with Gasteiger partial charge in [0.2, 0.25) is 0 Å². The Morgan fingerprint density at radius 1 is 0.278 bits per heavy atom. The Kier molecular flexibility index (Phi) is 68.4. The average molecular weight is 1420 g/mol. The van der Waals surface area contributed by atoms with Crippen molar-refractivity contribution in [1.29, 1.82) is 0 Å². The number of aliphatic hydroxyl groups excluding tert-OH is 1. The van der Waals surface area contributed by atoms with Crippen LogP contribution in [0.1, 0.15) is 408 Å². The van der Waals surface area contributed by atoms with Gasteiger partial charge in [-0.05, 0) is 37.5 Å². The fourth-order valence-corrected chi connectivity index (χ4v) is 13.6. The zero-order valence-electron chi connectivity index (χ0n) is 63.4. The normalized spacial score (nSPS) is 14.0. The third kappa shape index (κ3) is 72.2. The van der Waals surface area contributed by atoms with Crippen LogP contribution in [0, 0.1) is 11.8 Å². The second kappa shape index (κ2) is 69.8. The first kappa shape index (κ1) is 95.1. The van der Waals surface area contributed by atoms with E-state index in [4.69, 9.17) is 37.0 Å². The van der Waals surface area contributed by atoms with Gasteiger partial charge in [0.15, 0.2) is 12.2 Å². The number of esters is 4. The van der Waals surface area contributed by atoms with Crippen LogP contribution in [0.25, 0.3) is 0 Å². The minimum atomic E-state index is -4.96. The number of aliphatic hydroxyl groups is 1. The second-order valence-electron chi connectivity index (χ2n) is 29.1. The third-order valence-corrected chi connectivity index (χ3v) is 20.1. The van der Waals surface area contributed by atoms with Crippen molar-refractivity contribution in [3.8, 4) is 0 Å². The summed E-state index contributed by atoms with van der Waals surface area (Å²) >= 11 is 0. The Labute approximate surface area is 594 Å². The molecule has 0 rings (SSSR count). The van der Waals surface area contributed by atoms with Gasteiger partial charge in [-0.2, -0.15) is 0 Å². The lowest BCUT2D eigenvalue weighted by molar-refractivity contribution is -0.161. The van der Waals surface area contributed by atoms with Gasteiger partial charge in [0.1, 0.15) is 19.3 Å². The third-order valence-electron chi connectivity index (χ3n) is 18.2. The van der Waals surface area contributed by atoms with Crippen molar-refractivity contribution in [2.75, 3.05) is 39.6 Å². The van der Waals surface area contributed by atoms with Gasteiger partial charge in [-0.25, -0.2) is 9.13 Å². The average Bonchev–Trinajstić information content (AvgIpc) is 2.19. The molecule has 0 aromatic carbocycles. The number of hydrogen-bond donors (Lipinski definition) is 3. The lowest BCUT2D eigenvalue weighted by atomic mass is 10.0. The SMILES string of the molecule is CCCCCCCCCCCCCCCCCCCCCC(=O)O[C@H](COC(=O)CCCCCCCCCCCCCCCCCC)COP(=O)(O)OC[C@@H](O)COP(=O)(O)OC[C@@H](COC(=O)CCCCCCCCC(C)C)OC(=O)CCCCCCCCCCCCC(C)C. The van der Waals surface area contributed by atoms with Gasteiger partial charge < -0.3 is 33.8 Å². The van der Waals surface area contributed by atoms with Crippen LogP contribution >= 0.6 is 15.6 Å². The number of carbonyl (C=O) groups excluding carboxylic acids is 4. The molecular weight excluding hydrogens is 1270 g/mol. The van der Waals surface area contributed by atoms with E-state index in [2.05, 4.69) is 41.5 Å². The highest BCUT2D eigenvalue weighted by atomic mass is 31.2. The van der Waals surface area contributed by atoms with E-state index in [0.29, 0.717) is 31.6 Å². The number of unbranched alkanes of at least 4 members (excludes halogenated alkanes) is 47. The van der Waals surface area contributed by atoms with Crippen molar-refractivity contribution >= 4 is 39.5 Å². The van der Waals surface area contributed by atoms with Crippen LogP contribution < -0.4 is 0 Å². The molecule has 2 unspecified atom stereocenters. The molecule has 3 N–H and O–H groups in total. The quantitative estimate of drug-likeness (QED) is 0.0222. The van der Waals surface area contributed by atoms with Crippen LogP contribution in [0.4, 0.5) is 0 Å². The predicted octanol–water partition coefficient (Wildman–Crippen LogP) is 23.1. The molecule has 19 heteroatoms. The molecule has 0 aliphatic carbocycles. The van der Waals surface area contributed by atoms with Crippen molar-refractivity contribution in [3.63, 3.8) is 0 Å². The maximum atomic E-state index is 13.1. The topological polar surface area (TPSA) is 237 Å². The molecule has 17 nitrogen and oxygen atoms in total. The molecule has 0 saturated heterocycles. The Balaban J connectivity index is 5.22. The van der Waals surface area contributed by atoms with Crippen LogP contribution in [0.15, 0.2) is 0 Å². The van der Waals surface area contributed by atoms with Gasteiger partial charge in [-0.1, -0.05) is 356 Å². The van der Waals surface area contributed by atoms with Gasteiger partial charge in [0.05, 0.1) is 26.4 Å². The summed E-state index contributed by atoms with van der Waals surface area (Å²) in [6, 6.07) is 0. The van der Waals surface area contributed by atoms with Crippen molar-refractivity contribution in [3.05, 3.63) is 0 Å². The summed E-state index contributed by atoms with van der Waals surface area (Å²) in [4.78, 5) is 72.9. The molecule has 0 bridgehead atoms. The lowest BCUT2D eigenvalue weighted by Crippen LogP contribution is -2.30. The van der Waals surface area contributed by atoms with E-state index >= 15 is 0 Å². The summed E-state index contributed by atoms with van der Waals surface area (Å²) in [5.41, 5.74) is 0. The lowest BCUT2D eigenvalue weighted by Gasteiger charge is -2.21. The molecule has 0 heterocycles. The first-order valence-electron chi connectivity index (χ1n) is 40.5. The van der Waals surface area contributed by atoms with E-state index in [9.17, 15) is 43.2 Å². The zero-order chi connectivity index (χ0) is 71.4. The molecule has 0 aromatic rings. The molecule has 0 saturated carbocycles. The zero-order valence-corrected chi connectivity index (χ0v) is 65.2. The molecule has 0 spiro atoms. The highest BCUT2D eigenvalue weighted by Gasteiger charge is 2.30. The molecule has 0 aromatic heterocycles. The highest BCUT2D eigenvalue weighted by Crippen LogP contribution is 2.45. The van der Waals surface area contributed by atoms with E-state index in [1.165, 1.54) is 218 Å². The molecule has 5 atom stereocenters. The fraction of sp³-hybridized carbons (Fsp3) is 0.949. The monoisotopic (exact) mass is 1420 g/mol. The number of carbonyl (C=O) groups is 4. The van der Waals surface area contributed by atoms with Crippen LogP contribution in [0.3, 0.4) is 0 Å². The summed E-state index contributed by atoms with van der Waals surface area (Å²) in [5.74, 6) is -0.683. The minimum Gasteiger partial charge on any atom is -0.462 e. The summed E-state index contributed by atoms with van der Waals surface area (Å²) in [6.07, 6.45) is 58.5. The minimum absolute atomic E-state index is 0.105. The Hall–Kier alpha value is -1.94. The van der Waals surface area contributed by atoms with E-state index in [0.717, 1.165) is 102 Å². The van der Waals surface area contributed by atoms with Gasteiger partial charge in [-0.3, -0.25) is 37.3 Å². The maximum absolute atomic E-state index is 13.1. The van der Waals surface area contributed by atoms with E-state index in [-0.39, 0.29) is 25.7 Å².